The molecule has 0 bridgehead atoms. The molecular weight excluding hydrogens is 409 g/mol. The maximum absolute atomic E-state index is 9.19. The quantitative estimate of drug-likeness (QED) is 0.693. The van der Waals surface area contributed by atoms with Gasteiger partial charge in [-0.05, 0) is 48.9 Å². The number of halogens is 2. The number of nitrogens with one attached hydrogen (secondary N) is 1. The standard InChI is InChI=1S/C21H27Cl2N5O/c22-18-4-3-15(19(23)8-18)9-25-20-10-24-11-21(26-20)28-13-17(14-28)16-2-1-5-27(12-16)6-7-29/h3-4,8,10-11,16-17,29H,1-2,5-7,9,12-14H2,(H,25,26). The normalized spacial score (nSPS) is 20.5. The third-order valence-electron chi connectivity index (χ3n) is 5.96. The molecule has 6 nitrogen and oxygen atoms in total. The lowest BCUT2D eigenvalue weighted by atomic mass is 9.80. The molecule has 2 N–H and O–H groups in total. The number of rotatable bonds is 7. The van der Waals surface area contributed by atoms with Crippen molar-refractivity contribution in [3.05, 3.63) is 46.2 Å². The van der Waals surface area contributed by atoms with Gasteiger partial charge in [0.25, 0.3) is 0 Å². The van der Waals surface area contributed by atoms with Gasteiger partial charge in [0, 0.05) is 42.8 Å². The highest BCUT2D eigenvalue weighted by Crippen LogP contribution is 2.33. The monoisotopic (exact) mass is 435 g/mol. The molecule has 156 valence electrons. The van der Waals surface area contributed by atoms with Gasteiger partial charge in [0.1, 0.15) is 11.6 Å². The predicted octanol–water partition coefficient (Wildman–Crippen LogP) is 3.54. The number of hydrogen-bond acceptors (Lipinski definition) is 6. The van der Waals surface area contributed by atoms with Crippen molar-refractivity contribution in [3.8, 4) is 0 Å². The summed E-state index contributed by atoms with van der Waals surface area (Å²) < 4.78 is 0. The lowest BCUT2D eigenvalue weighted by Gasteiger charge is -2.47. The second kappa shape index (κ2) is 9.47. The van der Waals surface area contributed by atoms with Crippen LogP contribution in [0.5, 0.6) is 0 Å². The molecule has 29 heavy (non-hydrogen) atoms. The molecule has 2 aliphatic heterocycles. The predicted molar refractivity (Wildman–Crippen MR) is 118 cm³/mol. The minimum atomic E-state index is 0.250. The van der Waals surface area contributed by atoms with Crippen molar-refractivity contribution in [2.45, 2.75) is 19.4 Å². The first-order valence-corrected chi connectivity index (χ1v) is 11.0. The van der Waals surface area contributed by atoms with E-state index in [4.69, 9.17) is 28.2 Å². The molecular formula is C21H27Cl2N5O. The molecule has 0 spiro atoms. The smallest absolute Gasteiger partial charge is 0.149 e. The van der Waals surface area contributed by atoms with E-state index in [1.807, 2.05) is 18.3 Å². The van der Waals surface area contributed by atoms with Crippen LogP contribution >= 0.6 is 23.2 Å². The van der Waals surface area contributed by atoms with Crippen molar-refractivity contribution in [1.29, 1.82) is 0 Å². The second-order valence-electron chi connectivity index (χ2n) is 7.94. The van der Waals surface area contributed by atoms with Crippen LogP contribution in [-0.4, -0.2) is 59.3 Å². The second-order valence-corrected chi connectivity index (χ2v) is 8.79. The highest BCUT2D eigenvalue weighted by atomic mass is 35.5. The molecule has 1 atom stereocenters. The molecule has 0 radical (unpaired) electrons. The number of aliphatic hydroxyl groups is 1. The topological polar surface area (TPSA) is 64.5 Å². The molecule has 1 aromatic carbocycles. The molecule has 4 rings (SSSR count). The van der Waals surface area contributed by atoms with Crippen LogP contribution in [0.25, 0.3) is 0 Å². The Kier molecular flexibility index (Phi) is 6.75. The summed E-state index contributed by atoms with van der Waals surface area (Å²) in [6, 6.07) is 5.49. The number of piperidine rings is 1. The lowest BCUT2D eigenvalue weighted by Crippen LogP contribution is -2.54. The Labute approximate surface area is 181 Å². The molecule has 1 unspecified atom stereocenters. The molecule has 1 aromatic heterocycles. The number of aliphatic hydroxyl groups excluding tert-OH is 1. The van der Waals surface area contributed by atoms with Crippen molar-refractivity contribution in [3.63, 3.8) is 0 Å². The van der Waals surface area contributed by atoms with Crippen LogP contribution in [0.15, 0.2) is 30.6 Å². The Hall–Kier alpha value is -1.60. The summed E-state index contributed by atoms with van der Waals surface area (Å²) in [7, 11) is 0. The molecule has 2 aliphatic rings. The Morgan fingerprint density at radius 2 is 2.00 bits per heavy atom. The van der Waals surface area contributed by atoms with Crippen LogP contribution in [-0.2, 0) is 6.54 Å². The van der Waals surface area contributed by atoms with Crippen molar-refractivity contribution in [2.75, 3.05) is 49.5 Å². The largest absolute Gasteiger partial charge is 0.395 e. The van der Waals surface area contributed by atoms with Gasteiger partial charge in [0.2, 0.25) is 0 Å². The molecule has 8 heteroatoms. The fourth-order valence-corrected chi connectivity index (χ4v) is 4.74. The number of benzene rings is 1. The first kappa shape index (κ1) is 20.7. The Bertz CT molecular complexity index is 828. The number of nitrogens with zero attached hydrogens (tertiary/aromatic N) is 4. The van der Waals surface area contributed by atoms with E-state index in [2.05, 4.69) is 20.1 Å². The SMILES string of the molecule is OCCN1CCCC(C2CN(c3cncc(NCc4ccc(Cl)cc4Cl)n3)C2)C1. The number of anilines is 2. The van der Waals surface area contributed by atoms with E-state index < -0.39 is 0 Å². The van der Waals surface area contributed by atoms with Gasteiger partial charge in [-0.15, -0.1) is 0 Å². The first-order chi connectivity index (χ1) is 14.1. The average Bonchev–Trinajstić information content (AvgIpc) is 2.67. The Morgan fingerprint density at radius 3 is 2.79 bits per heavy atom. The van der Waals surface area contributed by atoms with Gasteiger partial charge in [0.15, 0.2) is 0 Å². The highest BCUT2D eigenvalue weighted by Gasteiger charge is 2.36. The van der Waals surface area contributed by atoms with Gasteiger partial charge in [-0.25, -0.2) is 4.98 Å². The maximum Gasteiger partial charge on any atom is 0.149 e. The van der Waals surface area contributed by atoms with Gasteiger partial charge in [-0.1, -0.05) is 29.3 Å². The van der Waals surface area contributed by atoms with E-state index in [9.17, 15) is 5.11 Å². The van der Waals surface area contributed by atoms with Crippen LogP contribution in [0.3, 0.4) is 0 Å². The Morgan fingerprint density at radius 1 is 1.14 bits per heavy atom. The number of β-amino-alcohol motifs (C(OH)–C–C–N with tert-alkyl or cyclic N) is 1. The van der Waals surface area contributed by atoms with E-state index in [0.29, 0.717) is 28.4 Å². The maximum atomic E-state index is 9.19. The molecule has 0 saturated carbocycles. The molecule has 2 fully saturated rings. The lowest BCUT2D eigenvalue weighted by molar-refractivity contribution is 0.101. The zero-order valence-corrected chi connectivity index (χ0v) is 17.9. The van der Waals surface area contributed by atoms with Gasteiger partial charge < -0.3 is 20.2 Å². The first-order valence-electron chi connectivity index (χ1n) is 10.2. The van der Waals surface area contributed by atoms with E-state index in [1.54, 1.807) is 12.3 Å². The van der Waals surface area contributed by atoms with Crippen LogP contribution in [0.4, 0.5) is 11.6 Å². The summed E-state index contributed by atoms with van der Waals surface area (Å²) in [5.74, 6) is 3.07. The summed E-state index contributed by atoms with van der Waals surface area (Å²) in [5.41, 5.74) is 0.969. The van der Waals surface area contributed by atoms with Crippen molar-refractivity contribution < 1.29 is 5.11 Å². The van der Waals surface area contributed by atoms with Crippen molar-refractivity contribution >= 4 is 34.8 Å². The highest BCUT2D eigenvalue weighted by molar-refractivity contribution is 6.35. The van der Waals surface area contributed by atoms with Gasteiger partial charge in [-0.3, -0.25) is 4.98 Å². The van der Waals surface area contributed by atoms with Crippen LogP contribution in [0, 0.1) is 11.8 Å². The van der Waals surface area contributed by atoms with Crippen LogP contribution in [0.2, 0.25) is 10.0 Å². The zero-order valence-electron chi connectivity index (χ0n) is 16.4. The van der Waals surface area contributed by atoms with Crippen LogP contribution in [0.1, 0.15) is 18.4 Å². The number of aromatic nitrogens is 2. The summed E-state index contributed by atoms with van der Waals surface area (Å²) in [5, 5.41) is 13.8. The summed E-state index contributed by atoms with van der Waals surface area (Å²) in [6.45, 7) is 5.89. The molecule has 3 heterocycles. The van der Waals surface area contributed by atoms with Gasteiger partial charge in [0.05, 0.1) is 19.0 Å². The van der Waals surface area contributed by atoms with E-state index in [-0.39, 0.29) is 6.61 Å². The van der Waals surface area contributed by atoms with E-state index in [1.165, 1.54) is 12.8 Å². The minimum absolute atomic E-state index is 0.250. The van der Waals surface area contributed by atoms with E-state index >= 15 is 0 Å². The minimum Gasteiger partial charge on any atom is -0.395 e. The molecule has 2 aromatic rings. The third kappa shape index (κ3) is 5.12. The third-order valence-corrected chi connectivity index (χ3v) is 6.54. The van der Waals surface area contributed by atoms with Crippen LogP contribution < -0.4 is 10.2 Å². The van der Waals surface area contributed by atoms with Crippen molar-refractivity contribution in [1.82, 2.24) is 14.9 Å². The summed E-state index contributed by atoms with van der Waals surface area (Å²) >= 11 is 12.2. The summed E-state index contributed by atoms with van der Waals surface area (Å²) in [4.78, 5) is 13.8. The molecule has 0 amide bonds. The zero-order chi connectivity index (χ0) is 20.2. The number of likely N-dealkylation sites (tertiary alicyclic amines) is 1. The van der Waals surface area contributed by atoms with Crippen molar-refractivity contribution in [2.24, 2.45) is 11.8 Å². The molecule has 2 saturated heterocycles. The van der Waals surface area contributed by atoms with E-state index in [0.717, 1.165) is 49.9 Å². The molecule has 0 aliphatic carbocycles. The average molecular weight is 436 g/mol. The fraction of sp³-hybridized carbons (Fsp3) is 0.524. The Balaban J connectivity index is 1.30. The number of hydrogen-bond donors (Lipinski definition) is 2. The fourth-order valence-electron chi connectivity index (χ4n) is 4.26. The van der Waals surface area contributed by atoms with Gasteiger partial charge in [-0.2, -0.15) is 0 Å². The summed E-state index contributed by atoms with van der Waals surface area (Å²) in [6.07, 6.45) is 6.08. The van der Waals surface area contributed by atoms with Gasteiger partial charge >= 0.3 is 0 Å².